The number of nitrogens with one attached hydrogen (secondary N) is 1. The highest BCUT2D eigenvalue weighted by molar-refractivity contribution is 5.95. The predicted molar refractivity (Wildman–Crippen MR) is 119 cm³/mol. The molecule has 0 aliphatic rings. The summed E-state index contributed by atoms with van der Waals surface area (Å²) in [4.78, 5) is 16.0. The fraction of sp³-hybridized carbons (Fsp3) is 0.280. The van der Waals surface area contributed by atoms with Gasteiger partial charge in [0.1, 0.15) is 11.9 Å². The average molecular weight is 405 g/mol. The largest absolute Gasteiger partial charge is 0.488 e. The second-order valence-corrected chi connectivity index (χ2v) is 7.42. The van der Waals surface area contributed by atoms with Crippen LogP contribution in [0.25, 0.3) is 11.1 Å². The van der Waals surface area contributed by atoms with Crippen LogP contribution in [0.5, 0.6) is 5.75 Å². The van der Waals surface area contributed by atoms with E-state index in [1.54, 1.807) is 13.2 Å². The molecule has 1 aromatic heterocycles. The number of aryl methyl sites for hydroxylation is 2. The number of carbonyl (C=O) groups is 1. The molecule has 0 spiro atoms. The van der Waals surface area contributed by atoms with E-state index in [0.29, 0.717) is 17.7 Å². The minimum Gasteiger partial charge on any atom is -0.488 e. The van der Waals surface area contributed by atoms with Crippen LogP contribution in [0.2, 0.25) is 0 Å². The fourth-order valence-electron chi connectivity index (χ4n) is 3.32. The maximum Gasteiger partial charge on any atom is 0.251 e. The van der Waals surface area contributed by atoms with E-state index in [-0.39, 0.29) is 12.0 Å². The summed E-state index contributed by atoms with van der Waals surface area (Å²) in [7, 11) is 1.63. The Bertz CT molecular complexity index is 971. The van der Waals surface area contributed by atoms with Crippen molar-refractivity contribution in [2.24, 2.45) is 0 Å². The Labute approximate surface area is 177 Å². The Morgan fingerprint density at radius 2 is 1.93 bits per heavy atom. The van der Waals surface area contributed by atoms with E-state index in [1.165, 1.54) is 0 Å². The number of ether oxygens (including phenoxy) is 1. The minimum absolute atomic E-state index is 0.106. The Balaban J connectivity index is 1.63. The molecule has 30 heavy (non-hydrogen) atoms. The van der Waals surface area contributed by atoms with Gasteiger partial charge >= 0.3 is 0 Å². The van der Waals surface area contributed by atoms with Crippen molar-refractivity contribution in [2.45, 2.75) is 38.9 Å². The quantitative estimate of drug-likeness (QED) is 0.591. The third kappa shape index (κ3) is 5.45. The third-order valence-electron chi connectivity index (χ3n) is 5.21. The summed E-state index contributed by atoms with van der Waals surface area (Å²) in [6.07, 6.45) is 4.02. The molecule has 1 heterocycles. The summed E-state index contributed by atoms with van der Waals surface area (Å²) in [5.74, 6) is 0.595. The normalized spacial score (nSPS) is 12.8. The fourth-order valence-corrected chi connectivity index (χ4v) is 3.32. The smallest absolute Gasteiger partial charge is 0.251 e. The number of rotatable bonds is 8. The molecule has 156 valence electrons. The molecule has 2 aromatic carbocycles. The number of nitrogens with zero attached hydrogens (tertiary/aromatic N) is 1. The van der Waals surface area contributed by atoms with E-state index in [2.05, 4.69) is 10.3 Å². The first kappa shape index (κ1) is 21.5. The van der Waals surface area contributed by atoms with E-state index >= 15 is 0 Å². The summed E-state index contributed by atoms with van der Waals surface area (Å²) in [5, 5.41) is 13.1. The molecule has 3 rings (SSSR count). The van der Waals surface area contributed by atoms with Gasteiger partial charge in [0, 0.05) is 25.0 Å². The minimum atomic E-state index is -0.573. The lowest BCUT2D eigenvalue weighted by atomic mass is 9.98. The topological polar surface area (TPSA) is 71.5 Å². The number of carbonyl (C=O) groups excluding carboxylic acids is 1. The van der Waals surface area contributed by atoms with Gasteiger partial charge in [-0.2, -0.15) is 0 Å². The van der Waals surface area contributed by atoms with Crippen molar-refractivity contribution in [3.63, 3.8) is 0 Å². The van der Waals surface area contributed by atoms with E-state index in [1.807, 2.05) is 74.6 Å². The second kappa shape index (κ2) is 10.0. The van der Waals surface area contributed by atoms with Crippen molar-refractivity contribution in [3.05, 3.63) is 83.7 Å². The molecule has 1 amide bonds. The van der Waals surface area contributed by atoms with Crippen LogP contribution in [0.4, 0.5) is 0 Å². The molecule has 0 fully saturated rings. The Morgan fingerprint density at radius 3 is 2.60 bits per heavy atom. The van der Waals surface area contributed by atoms with Gasteiger partial charge in [-0.05, 0) is 79.3 Å². The van der Waals surface area contributed by atoms with Gasteiger partial charge in [0.05, 0.1) is 6.10 Å². The SMILES string of the molecule is CNC(=O)c1ccc(C)c(-c2ccc(O[C@@H](C)[C@H](O)CCc3cccnc3)cc2)c1. The first-order chi connectivity index (χ1) is 14.5. The molecule has 2 atom stereocenters. The molecule has 0 saturated carbocycles. The number of hydrogen-bond donors (Lipinski definition) is 2. The van der Waals surface area contributed by atoms with Crippen LogP contribution >= 0.6 is 0 Å². The lowest BCUT2D eigenvalue weighted by Gasteiger charge is -2.21. The van der Waals surface area contributed by atoms with Gasteiger partial charge in [-0.1, -0.05) is 24.3 Å². The molecule has 0 bridgehead atoms. The van der Waals surface area contributed by atoms with E-state index in [4.69, 9.17) is 4.74 Å². The molecule has 0 radical (unpaired) electrons. The molecular formula is C25H28N2O3. The number of aliphatic hydroxyl groups is 1. The van der Waals surface area contributed by atoms with Crippen LogP contribution in [0.15, 0.2) is 67.0 Å². The van der Waals surface area contributed by atoms with Gasteiger partial charge in [0.15, 0.2) is 0 Å². The molecule has 0 unspecified atom stereocenters. The number of aliphatic hydroxyl groups excluding tert-OH is 1. The monoisotopic (exact) mass is 404 g/mol. The highest BCUT2D eigenvalue weighted by Gasteiger charge is 2.16. The lowest BCUT2D eigenvalue weighted by molar-refractivity contribution is 0.0420. The second-order valence-electron chi connectivity index (χ2n) is 7.42. The number of amides is 1. The molecule has 5 heteroatoms. The summed E-state index contributed by atoms with van der Waals surface area (Å²) < 4.78 is 5.94. The van der Waals surface area contributed by atoms with E-state index in [9.17, 15) is 9.90 Å². The maximum atomic E-state index is 11.9. The Hall–Kier alpha value is -3.18. The number of benzene rings is 2. The van der Waals surface area contributed by atoms with Crippen molar-refractivity contribution < 1.29 is 14.6 Å². The molecule has 0 aliphatic carbocycles. The van der Waals surface area contributed by atoms with Crippen LogP contribution in [0, 0.1) is 6.92 Å². The van der Waals surface area contributed by atoms with Gasteiger partial charge in [-0.3, -0.25) is 9.78 Å². The van der Waals surface area contributed by atoms with Crippen LogP contribution < -0.4 is 10.1 Å². The van der Waals surface area contributed by atoms with Crippen molar-refractivity contribution in [1.29, 1.82) is 0 Å². The van der Waals surface area contributed by atoms with Crippen LogP contribution in [-0.4, -0.2) is 35.3 Å². The van der Waals surface area contributed by atoms with E-state index in [0.717, 1.165) is 28.7 Å². The summed E-state index contributed by atoms with van der Waals surface area (Å²) in [6.45, 7) is 3.90. The Morgan fingerprint density at radius 1 is 1.17 bits per heavy atom. The van der Waals surface area contributed by atoms with Crippen molar-refractivity contribution >= 4 is 5.91 Å². The summed E-state index contributed by atoms with van der Waals surface area (Å²) in [5.41, 5.74) is 4.84. The van der Waals surface area contributed by atoms with Crippen molar-refractivity contribution in [1.82, 2.24) is 10.3 Å². The lowest BCUT2D eigenvalue weighted by Crippen LogP contribution is -2.29. The number of aromatic nitrogens is 1. The van der Waals surface area contributed by atoms with Gasteiger partial charge in [0.25, 0.3) is 5.91 Å². The maximum absolute atomic E-state index is 11.9. The van der Waals surface area contributed by atoms with Crippen LogP contribution in [0.3, 0.4) is 0 Å². The first-order valence-corrected chi connectivity index (χ1v) is 10.1. The van der Waals surface area contributed by atoms with Gasteiger partial charge in [0.2, 0.25) is 0 Å². The van der Waals surface area contributed by atoms with Crippen molar-refractivity contribution in [3.8, 4) is 16.9 Å². The van der Waals surface area contributed by atoms with Gasteiger partial charge < -0.3 is 15.2 Å². The highest BCUT2D eigenvalue weighted by atomic mass is 16.5. The van der Waals surface area contributed by atoms with Crippen molar-refractivity contribution in [2.75, 3.05) is 7.05 Å². The summed E-state index contributed by atoms with van der Waals surface area (Å²) in [6, 6.07) is 17.3. The standard InChI is InChI=1S/C25H28N2O3/c1-17-6-8-21(25(29)26-3)15-23(17)20-9-11-22(12-10-20)30-18(2)24(28)13-7-19-5-4-14-27-16-19/h4-6,8-12,14-16,18,24,28H,7,13H2,1-3H3,(H,26,29)/t18-,24+/m0/s1. The summed E-state index contributed by atoms with van der Waals surface area (Å²) >= 11 is 0. The predicted octanol–water partition coefficient (Wildman–Crippen LogP) is 4.18. The number of pyridine rings is 1. The molecule has 2 N–H and O–H groups in total. The third-order valence-corrected chi connectivity index (χ3v) is 5.21. The zero-order valence-electron chi connectivity index (χ0n) is 17.6. The Kier molecular flexibility index (Phi) is 7.20. The zero-order chi connectivity index (χ0) is 21.5. The van der Waals surface area contributed by atoms with Gasteiger partial charge in [-0.15, -0.1) is 0 Å². The molecule has 0 saturated heterocycles. The number of hydrogen-bond acceptors (Lipinski definition) is 4. The van der Waals surface area contributed by atoms with Crippen LogP contribution in [0.1, 0.15) is 34.8 Å². The molecule has 3 aromatic rings. The van der Waals surface area contributed by atoms with Crippen LogP contribution in [-0.2, 0) is 6.42 Å². The zero-order valence-corrected chi connectivity index (χ0v) is 17.6. The van der Waals surface area contributed by atoms with E-state index < -0.39 is 6.10 Å². The average Bonchev–Trinajstić information content (AvgIpc) is 2.78. The highest BCUT2D eigenvalue weighted by Crippen LogP contribution is 2.27. The molecule has 0 aliphatic heterocycles. The first-order valence-electron chi connectivity index (χ1n) is 10.1. The molecular weight excluding hydrogens is 376 g/mol. The van der Waals surface area contributed by atoms with Gasteiger partial charge in [-0.25, -0.2) is 0 Å². The molecule has 5 nitrogen and oxygen atoms in total.